The summed E-state index contributed by atoms with van der Waals surface area (Å²) in [5.74, 6) is 0.521. The summed E-state index contributed by atoms with van der Waals surface area (Å²) < 4.78 is 16.0. The SMILES string of the molecule is COc1ccccc1-c1noc(COC(=O)[C@H](c2ccc(Cl)cc2)C(C)C)n1. The zero-order valence-electron chi connectivity index (χ0n) is 15.9. The molecule has 28 heavy (non-hydrogen) atoms. The van der Waals surface area contributed by atoms with E-state index in [0.29, 0.717) is 22.2 Å². The van der Waals surface area contributed by atoms with Gasteiger partial charge in [-0.3, -0.25) is 4.79 Å². The van der Waals surface area contributed by atoms with Crippen molar-refractivity contribution in [3.05, 3.63) is 65.0 Å². The molecule has 146 valence electrons. The van der Waals surface area contributed by atoms with Crippen LogP contribution in [0.3, 0.4) is 0 Å². The molecule has 3 aromatic rings. The Hall–Kier alpha value is -2.86. The van der Waals surface area contributed by atoms with Gasteiger partial charge in [0.15, 0.2) is 6.61 Å². The van der Waals surface area contributed by atoms with Gasteiger partial charge in [-0.25, -0.2) is 0 Å². The summed E-state index contributed by atoms with van der Waals surface area (Å²) >= 11 is 5.94. The van der Waals surface area contributed by atoms with Gasteiger partial charge >= 0.3 is 5.97 Å². The molecule has 1 aromatic heterocycles. The predicted molar refractivity (Wildman–Crippen MR) is 105 cm³/mol. The first-order chi connectivity index (χ1) is 13.5. The van der Waals surface area contributed by atoms with E-state index >= 15 is 0 Å². The number of nitrogens with zero attached hydrogens (tertiary/aromatic N) is 2. The highest BCUT2D eigenvalue weighted by Crippen LogP contribution is 2.29. The summed E-state index contributed by atoms with van der Waals surface area (Å²) in [6, 6.07) is 14.5. The van der Waals surface area contributed by atoms with Crippen molar-refractivity contribution in [1.82, 2.24) is 10.1 Å². The molecular weight excluding hydrogens is 380 g/mol. The van der Waals surface area contributed by atoms with Gasteiger partial charge in [0.05, 0.1) is 18.6 Å². The molecule has 3 rings (SSSR count). The number of hydrogen-bond donors (Lipinski definition) is 0. The first-order valence-electron chi connectivity index (χ1n) is 8.87. The molecule has 7 heteroatoms. The van der Waals surface area contributed by atoms with Crippen molar-refractivity contribution in [1.29, 1.82) is 0 Å². The molecule has 0 unspecified atom stereocenters. The van der Waals surface area contributed by atoms with Gasteiger partial charge in [0.1, 0.15) is 5.75 Å². The maximum atomic E-state index is 12.7. The van der Waals surface area contributed by atoms with E-state index in [9.17, 15) is 4.79 Å². The summed E-state index contributed by atoms with van der Waals surface area (Å²) in [4.78, 5) is 17.0. The zero-order chi connectivity index (χ0) is 20.1. The molecule has 1 atom stereocenters. The number of methoxy groups -OCH3 is 1. The average molecular weight is 401 g/mol. The lowest BCUT2D eigenvalue weighted by atomic mass is 9.88. The number of rotatable bonds is 7. The molecule has 0 saturated carbocycles. The van der Waals surface area contributed by atoms with Gasteiger partial charge in [0.25, 0.3) is 5.89 Å². The number of benzene rings is 2. The second-order valence-corrected chi connectivity index (χ2v) is 7.03. The number of hydrogen-bond acceptors (Lipinski definition) is 6. The van der Waals surface area contributed by atoms with Crippen LogP contribution in [0.4, 0.5) is 0 Å². The summed E-state index contributed by atoms with van der Waals surface area (Å²) in [5.41, 5.74) is 1.55. The Morgan fingerprint density at radius 2 is 1.86 bits per heavy atom. The Morgan fingerprint density at radius 3 is 2.54 bits per heavy atom. The fourth-order valence-corrected chi connectivity index (χ4v) is 3.06. The van der Waals surface area contributed by atoms with Crippen LogP contribution in [-0.4, -0.2) is 23.2 Å². The number of carbonyl (C=O) groups is 1. The molecule has 1 heterocycles. The number of carbonyl (C=O) groups excluding carboxylic acids is 1. The molecular formula is C21H21ClN2O4. The lowest BCUT2D eigenvalue weighted by molar-refractivity contribution is -0.148. The van der Waals surface area contributed by atoms with Crippen molar-refractivity contribution in [2.45, 2.75) is 26.4 Å². The molecule has 0 aliphatic heterocycles. The van der Waals surface area contributed by atoms with Crippen molar-refractivity contribution in [2.75, 3.05) is 7.11 Å². The molecule has 0 saturated heterocycles. The number of para-hydroxylation sites is 1. The number of halogens is 1. The van der Waals surface area contributed by atoms with Crippen LogP contribution in [-0.2, 0) is 16.1 Å². The minimum Gasteiger partial charge on any atom is -0.496 e. The maximum Gasteiger partial charge on any atom is 0.314 e. The maximum absolute atomic E-state index is 12.7. The van der Waals surface area contributed by atoms with Crippen molar-refractivity contribution in [2.24, 2.45) is 5.92 Å². The first-order valence-corrected chi connectivity index (χ1v) is 9.25. The summed E-state index contributed by atoms with van der Waals surface area (Å²) in [5, 5.41) is 4.57. The van der Waals surface area contributed by atoms with Gasteiger partial charge in [-0.05, 0) is 35.7 Å². The van der Waals surface area contributed by atoms with Gasteiger partial charge in [-0.2, -0.15) is 4.98 Å². The monoisotopic (exact) mass is 400 g/mol. The Balaban J connectivity index is 1.70. The highest BCUT2D eigenvalue weighted by Gasteiger charge is 2.26. The van der Waals surface area contributed by atoms with Crippen molar-refractivity contribution in [3.63, 3.8) is 0 Å². The summed E-state index contributed by atoms with van der Waals surface area (Å²) in [7, 11) is 1.57. The van der Waals surface area contributed by atoms with Crippen molar-refractivity contribution >= 4 is 17.6 Å². The van der Waals surface area contributed by atoms with E-state index in [-0.39, 0.29) is 24.4 Å². The van der Waals surface area contributed by atoms with Gasteiger partial charge in [-0.15, -0.1) is 0 Å². The molecule has 0 N–H and O–H groups in total. The predicted octanol–water partition coefficient (Wildman–Crippen LogP) is 4.88. The molecule has 6 nitrogen and oxygen atoms in total. The van der Waals surface area contributed by atoms with Crippen LogP contribution in [0.25, 0.3) is 11.4 Å². The van der Waals surface area contributed by atoms with Crippen molar-refractivity contribution < 1.29 is 18.8 Å². The van der Waals surface area contributed by atoms with E-state index in [4.69, 9.17) is 25.6 Å². The molecule has 0 bridgehead atoms. The van der Waals surface area contributed by atoms with Crippen LogP contribution in [0.1, 0.15) is 31.2 Å². The smallest absolute Gasteiger partial charge is 0.314 e. The third-order valence-electron chi connectivity index (χ3n) is 4.30. The van der Waals surface area contributed by atoms with Gasteiger partial charge < -0.3 is 14.0 Å². The van der Waals surface area contributed by atoms with Crippen LogP contribution in [0.2, 0.25) is 5.02 Å². The molecule has 0 radical (unpaired) electrons. The molecule has 0 fully saturated rings. The second-order valence-electron chi connectivity index (χ2n) is 6.59. The van der Waals surface area contributed by atoms with Gasteiger partial charge in [0.2, 0.25) is 5.82 Å². The Kier molecular flexibility index (Phi) is 6.31. The van der Waals surface area contributed by atoms with E-state index in [2.05, 4.69) is 10.1 Å². The molecule has 0 spiro atoms. The summed E-state index contributed by atoms with van der Waals surface area (Å²) in [6.07, 6.45) is 0. The number of ether oxygens (including phenoxy) is 2. The van der Waals surface area contributed by atoms with Crippen LogP contribution < -0.4 is 4.74 Å². The lowest BCUT2D eigenvalue weighted by Gasteiger charge is -2.19. The molecule has 0 aliphatic rings. The normalized spacial score (nSPS) is 12.0. The van der Waals surface area contributed by atoms with Gasteiger partial charge in [0, 0.05) is 5.02 Å². The standard InChI is InChI=1S/C21H21ClN2O4/c1-13(2)19(14-8-10-15(22)11-9-14)21(25)27-12-18-23-20(24-28-18)16-6-4-5-7-17(16)26-3/h4-11,13,19H,12H2,1-3H3/t19-/m0/s1. The highest BCUT2D eigenvalue weighted by molar-refractivity contribution is 6.30. The first kappa shape index (κ1) is 19.9. The van der Waals surface area contributed by atoms with E-state index in [1.54, 1.807) is 19.2 Å². The molecule has 0 amide bonds. The lowest BCUT2D eigenvalue weighted by Crippen LogP contribution is -2.20. The van der Waals surface area contributed by atoms with Crippen LogP contribution >= 0.6 is 11.6 Å². The van der Waals surface area contributed by atoms with E-state index in [0.717, 1.165) is 5.56 Å². The Morgan fingerprint density at radius 1 is 1.14 bits per heavy atom. The van der Waals surface area contributed by atoms with Gasteiger partial charge in [-0.1, -0.05) is 54.9 Å². The third-order valence-corrected chi connectivity index (χ3v) is 4.56. The summed E-state index contributed by atoms with van der Waals surface area (Å²) in [6.45, 7) is 3.83. The van der Waals surface area contributed by atoms with Crippen LogP contribution in [0, 0.1) is 5.92 Å². The minimum atomic E-state index is -0.408. The zero-order valence-corrected chi connectivity index (χ0v) is 16.6. The third kappa shape index (κ3) is 4.51. The Labute approximate surface area is 168 Å². The molecule has 0 aliphatic carbocycles. The largest absolute Gasteiger partial charge is 0.496 e. The fraction of sp³-hybridized carbons (Fsp3) is 0.286. The molecule has 2 aromatic carbocycles. The minimum absolute atomic E-state index is 0.0560. The number of esters is 1. The van der Waals surface area contributed by atoms with E-state index in [1.807, 2.05) is 50.2 Å². The highest BCUT2D eigenvalue weighted by atomic mass is 35.5. The second kappa shape index (κ2) is 8.89. The van der Waals surface area contributed by atoms with Crippen LogP contribution in [0.15, 0.2) is 53.1 Å². The van der Waals surface area contributed by atoms with E-state index < -0.39 is 5.92 Å². The fourth-order valence-electron chi connectivity index (χ4n) is 2.94. The Bertz CT molecular complexity index is 938. The topological polar surface area (TPSA) is 74.5 Å². The van der Waals surface area contributed by atoms with Crippen molar-refractivity contribution in [3.8, 4) is 17.1 Å². The average Bonchev–Trinajstić information content (AvgIpc) is 3.16. The quantitative estimate of drug-likeness (QED) is 0.526. The van der Waals surface area contributed by atoms with Crippen LogP contribution in [0.5, 0.6) is 5.75 Å². The number of aromatic nitrogens is 2. The van der Waals surface area contributed by atoms with E-state index in [1.165, 1.54) is 0 Å².